The maximum absolute atomic E-state index is 11.5. The third kappa shape index (κ3) is 3.22. The van der Waals surface area contributed by atoms with Crippen molar-refractivity contribution < 1.29 is 19.4 Å². The molecule has 0 aliphatic heterocycles. The largest absolute Gasteiger partial charge is 0.496 e. The van der Waals surface area contributed by atoms with Crippen molar-refractivity contribution in [2.75, 3.05) is 13.7 Å². The number of aliphatic hydroxyl groups excluding tert-OH is 1. The lowest BCUT2D eigenvalue weighted by molar-refractivity contribution is -0.142. The van der Waals surface area contributed by atoms with Gasteiger partial charge in [0.15, 0.2) is 0 Å². The Labute approximate surface area is 106 Å². The molecule has 5 nitrogen and oxygen atoms in total. The molecule has 0 aliphatic rings. The summed E-state index contributed by atoms with van der Waals surface area (Å²) in [6.07, 6.45) is 0.0125. The molecule has 0 saturated heterocycles. The third-order valence-corrected chi connectivity index (χ3v) is 2.45. The van der Waals surface area contributed by atoms with Crippen molar-refractivity contribution in [3.8, 4) is 11.8 Å². The molecule has 5 heteroatoms. The molecular weight excluding hydrogens is 234 g/mol. The Hall–Kier alpha value is -2.06. The molecule has 1 aromatic rings. The normalized spacial score (nSPS) is 9.67. The van der Waals surface area contributed by atoms with Gasteiger partial charge in [0.25, 0.3) is 0 Å². The zero-order chi connectivity index (χ0) is 13.5. The van der Waals surface area contributed by atoms with Gasteiger partial charge in [0, 0.05) is 5.56 Å². The van der Waals surface area contributed by atoms with Gasteiger partial charge in [-0.2, -0.15) is 5.26 Å². The van der Waals surface area contributed by atoms with Gasteiger partial charge in [-0.3, -0.25) is 4.79 Å². The van der Waals surface area contributed by atoms with E-state index >= 15 is 0 Å². The minimum Gasteiger partial charge on any atom is -0.496 e. The zero-order valence-corrected chi connectivity index (χ0v) is 10.4. The van der Waals surface area contributed by atoms with Crippen molar-refractivity contribution in [2.24, 2.45) is 0 Å². The van der Waals surface area contributed by atoms with Gasteiger partial charge >= 0.3 is 5.97 Å². The Morgan fingerprint density at radius 1 is 1.50 bits per heavy atom. The summed E-state index contributed by atoms with van der Waals surface area (Å²) < 4.78 is 10.00. The molecule has 0 aromatic heterocycles. The van der Waals surface area contributed by atoms with Crippen LogP contribution < -0.4 is 4.74 Å². The quantitative estimate of drug-likeness (QED) is 0.792. The lowest BCUT2D eigenvalue weighted by Crippen LogP contribution is -2.11. The molecule has 1 N–H and O–H groups in total. The fourth-order valence-electron chi connectivity index (χ4n) is 1.65. The number of carbonyl (C=O) groups is 1. The van der Waals surface area contributed by atoms with Crippen LogP contribution in [0.5, 0.6) is 5.75 Å². The highest BCUT2D eigenvalue weighted by Crippen LogP contribution is 2.25. The van der Waals surface area contributed by atoms with Crippen molar-refractivity contribution >= 4 is 5.97 Å². The Balaban J connectivity index is 3.15. The summed E-state index contributed by atoms with van der Waals surface area (Å²) in [4.78, 5) is 11.5. The van der Waals surface area contributed by atoms with Gasteiger partial charge in [-0.05, 0) is 24.6 Å². The number of nitrogens with zero attached hydrogens (tertiary/aromatic N) is 1. The molecule has 0 radical (unpaired) electrons. The number of esters is 1. The van der Waals surface area contributed by atoms with Gasteiger partial charge < -0.3 is 14.6 Å². The molecule has 0 fully saturated rings. The summed E-state index contributed by atoms with van der Waals surface area (Å²) in [6, 6.07) is 5.05. The molecule has 1 aromatic carbocycles. The van der Waals surface area contributed by atoms with Gasteiger partial charge in [0.2, 0.25) is 0 Å². The molecule has 96 valence electrons. The first kappa shape index (κ1) is 14.0. The third-order valence-electron chi connectivity index (χ3n) is 2.45. The number of aliphatic hydroxyl groups is 1. The minimum absolute atomic E-state index is 0.0125. The van der Waals surface area contributed by atoms with E-state index in [1.165, 1.54) is 19.2 Å². The second kappa shape index (κ2) is 6.62. The topological polar surface area (TPSA) is 79.5 Å². The molecule has 0 aliphatic carbocycles. The Morgan fingerprint density at radius 3 is 2.72 bits per heavy atom. The SMILES string of the molecule is CCOC(=O)Cc1c(CO)cc(C#N)cc1OC. The summed E-state index contributed by atoms with van der Waals surface area (Å²) in [5, 5.41) is 18.1. The molecule has 0 saturated carbocycles. The second-order valence-electron chi connectivity index (χ2n) is 3.57. The fraction of sp³-hybridized carbons (Fsp3) is 0.385. The second-order valence-corrected chi connectivity index (χ2v) is 3.57. The molecule has 0 unspecified atom stereocenters. The van der Waals surface area contributed by atoms with Crippen LogP contribution in [0.2, 0.25) is 0 Å². The smallest absolute Gasteiger partial charge is 0.310 e. The minimum atomic E-state index is -0.393. The average Bonchev–Trinajstić information content (AvgIpc) is 2.39. The van der Waals surface area contributed by atoms with Gasteiger partial charge in [-0.15, -0.1) is 0 Å². The maximum atomic E-state index is 11.5. The van der Waals surface area contributed by atoms with Gasteiger partial charge in [0.05, 0.1) is 38.4 Å². The fourth-order valence-corrected chi connectivity index (χ4v) is 1.65. The van der Waals surface area contributed by atoms with Crippen LogP contribution in [-0.2, 0) is 22.6 Å². The monoisotopic (exact) mass is 249 g/mol. The van der Waals surface area contributed by atoms with E-state index in [1.54, 1.807) is 6.92 Å². The highest BCUT2D eigenvalue weighted by atomic mass is 16.5. The molecule has 1 rings (SSSR count). The van der Waals surface area contributed by atoms with E-state index in [-0.39, 0.29) is 13.0 Å². The van der Waals surface area contributed by atoms with E-state index in [2.05, 4.69) is 0 Å². The molecule has 0 spiro atoms. The van der Waals surface area contributed by atoms with Gasteiger partial charge in [-0.25, -0.2) is 0 Å². The van der Waals surface area contributed by atoms with E-state index in [4.69, 9.17) is 14.7 Å². The molecule has 0 heterocycles. The number of hydrogen-bond donors (Lipinski definition) is 1. The first-order chi connectivity index (χ1) is 8.65. The predicted octanol–water partition coefficient (Wildman–Crippen LogP) is 1.16. The number of benzene rings is 1. The first-order valence-corrected chi connectivity index (χ1v) is 5.52. The predicted molar refractivity (Wildman–Crippen MR) is 64.0 cm³/mol. The molecular formula is C13H15NO4. The Kier molecular flexibility index (Phi) is 5.15. The number of rotatable bonds is 5. The van der Waals surface area contributed by atoms with Crippen LogP contribution in [-0.4, -0.2) is 24.8 Å². The maximum Gasteiger partial charge on any atom is 0.310 e. The Morgan fingerprint density at radius 2 is 2.22 bits per heavy atom. The van der Waals surface area contributed by atoms with Crippen molar-refractivity contribution in [2.45, 2.75) is 20.0 Å². The van der Waals surface area contributed by atoms with Crippen molar-refractivity contribution in [3.63, 3.8) is 0 Å². The molecule has 0 atom stereocenters. The number of nitriles is 1. The van der Waals surface area contributed by atoms with E-state index in [9.17, 15) is 9.90 Å². The van der Waals surface area contributed by atoms with Crippen LogP contribution in [0.15, 0.2) is 12.1 Å². The van der Waals surface area contributed by atoms with Crippen LogP contribution in [0.1, 0.15) is 23.6 Å². The zero-order valence-electron chi connectivity index (χ0n) is 10.4. The standard InChI is InChI=1S/C13H15NO4/c1-3-18-13(16)6-11-10(8-15)4-9(7-14)5-12(11)17-2/h4-5,15H,3,6,8H2,1-2H3. The summed E-state index contributed by atoms with van der Waals surface area (Å²) in [6.45, 7) is 1.76. The highest BCUT2D eigenvalue weighted by Gasteiger charge is 2.15. The van der Waals surface area contributed by atoms with E-state index < -0.39 is 5.97 Å². The van der Waals surface area contributed by atoms with Crippen LogP contribution in [0.3, 0.4) is 0 Å². The summed E-state index contributed by atoms with van der Waals surface area (Å²) >= 11 is 0. The Bertz CT molecular complexity index is 451. The van der Waals surface area contributed by atoms with Crippen LogP contribution in [0.25, 0.3) is 0 Å². The summed E-state index contributed by atoms with van der Waals surface area (Å²) in [5.41, 5.74) is 1.43. The molecule has 0 amide bonds. The van der Waals surface area contributed by atoms with Crippen molar-refractivity contribution in [3.05, 3.63) is 28.8 Å². The lowest BCUT2D eigenvalue weighted by Gasteiger charge is -2.12. The lowest BCUT2D eigenvalue weighted by atomic mass is 10.0. The van der Waals surface area contributed by atoms with E-state index in [0.717, 1.165) is 0 Å². The summed E-state index contributed by atoms with van der Waals surface area (Å²) in [7, 11) is 1.45. The number of hydrogen-bond acceptors (Lipinski definition) is 5. The molecule has 18 heavy (non-hydrogen) atoms. The summed E-state index contributed by atoms with van der Waals surface area (Å²) in [5.74, 6) is 0.0151. The van der Waals surface area contributed by atoms with Gasteiger partial charge in [-0.1, -0.05) is 0 Å². The van der Waals surface area contributed by atoms with E-state index in [1.807, 2.05) is 6.07 Å². The number of methoxy groups -OCH3 is 1. The number of ether oxygens (including phenoxy) is 2. The first-order valence-electron chi connectivity index (χ1n) is 5.52. The number of carbonyl (C=O) groups excluding carboxylic acids is 1. The van der Waals surface area contributed by atoms with Crippen LogP contribution in [0, 0.1) is 11.3 Å². The highest BCUT2D eigenvalue weighted by molar-refractivity contribution is 5.74. The van der Waals surface area contributed by atoms with Crippen molar-refractivity contribution in [1.82, 2.24) is 0 Å². The van der Waals surface area contributed by atoms with E-state index in [0.29, 0.717) is 29.0 Å². The molecule has 0 bridgehead atoms. The van der Waals surface area contributed by atoms with Crippen molar-refractivity contribution in [1.29, 1.82) is 5.26 Å². The van der Waals surface area contributed by atoms with Crippen LogP contribution in [0.4, 0.5) is 0 Å². The average molecular weight is 249 g/mol. The van der Waals surface area contributed by atoms with Crippen LogP contribution >= 0.6 is 0 Å². The van der Waals surface area contributed by atoms with Gasteiger partial charge in [0.1, 0.15) is 5.75 Å².